The topological polar surface area (TPSA) is 59.5 Å². The first-order valence-electron chi connectivity index (χ1n) is 9.13. The average Bonchev–Trinajstić information content (AvgIpc) is 3.26. The van der Waals surface area contributed by atoms with Gasteiger partial charge in [-0.25, -0.2) is 9.37 Å². The zero-order valence-electron chi connectivity index (χ0n) is 15.4. The predicted molar refractivity (Wildman–Crippen MR) is 108 cm³/mol. The molecule has 2 aromatic carbocycles. The Balaban J connectivity index is 1.60. The highest BCUT2D eigenvalue weighted by Gasteiger charge is 2.43. The smallest absolute Gasteiger partial charge is 0.302 e. The Morgan fingerprint density at radius 1 is 1.29 bits per heavy atom. The van der Waals surface area contributed by atoms with Crippen LogP contribution in [0, 0.1) is 5.82 Å². The van der Waals surface area contributed by atoms with E-state index in [1.165, 1.54) is 28.1 Å². The van der Waals surface area contributed by atoms with Crippen LogP contribution in [0.5, 0.6) is 0 Å². The molecule has 4 rings (SSSR count). The first kappa shape index (κ1) is 19.2. The van der Waals surface area contributed by atoms with E-state index in [9.17, 15) is 13.8 Å². The van der Waals surface area contributed by atoms with E-state index in [1.807, 2.05) is 30.3 Å². The number of nitrogens with zero attached hydrogens (tertiary/aromatic N) is 2. The molecular formula is C20H20FN2O3PS. The van der Waals surface area contributed by atoms with Crippen molar-refractivity contribution in [1.29, 1.82) is 0 Å². The second kappa shape index (κ2) is 7.74. The zero-order valence-corrected chi connectivity index (χ0v) is 17.1. The van der Waals surface area contributed by atoms with E-state index < -0.39 is 7.52 Å². The van der Waals surface area contributed by atoms with Crippen molar-refractivity contribution in [3.8, 4) is 0 Å². The van der Waals surface area contributed by atoms with Crippen molar-refractivity contribution >= 4 is 35.0 Å². The highest BCUT2D eigenvalue weighted by Crippen LogP contribution is 2.57. The van der Waals surface area contributed by atoms with E-state index in [4.69, 9.17) is 4.52 Å². The Labute approximate surface area is 166 Å². The maximum Gasteiger partial charge on any atom is 0.302 e. The van der Waals surface area contributed by atoms with Crippen LogP contribution in [0.1, 0.15) is 29.8 Å². The molecule has 1 aliphatic rings. The van der Waals surface area contributed by atoms with Crippen molar-refractivity contribution in [2.75, 3.05) is 13.2 Å². The molecule has 1 fully saturated rings. The molecule has 2 heterocycles. The summed E-state index contributed by atoms with van der Waals surface area (Å²) in [7, 11) is -3.34. The molecule has 1 amide bonds. The number of halogens is 1. The van der Waals surface area contributed by atoms with Crippen molar-refractivity contribution in [3.63, 3.8) is 0 Å². The highest BCUT2D eigenvalue weighted by atomic mass is 32.1. The minimum absolute atomic E-state index is 0.169. The number of carbonyl (C=O) groups excluding carboxylic acids is 1. The Morgan fingerprint density at radius 2 is 2.07 bits per heavy atom. The van der Waals surface area contributed by atoms with Crippen LogP contribution >= 0.6 is 18.9 Å². The van der Waals surface area contributed by atoms with E-state index in [-0.39, 0.29) is 36.8 Å². The van der Waals surface area contributed by atoms with Gasteiger partial charge in [-0.2, -0.15) is 0 Å². The van der Waals surface area contributed by atoms with Gasteiger partial charge in [-0.05, 0) is 24.6 Å². The number of amides is 1. The van der Waals surface area contributed by atoms with Crippen LogP contribution in [0.25, 0.3) is 10.2 Å². The van der Waals surface area contributed by atoms with Gasteiger partial charge in [0, 0.05) is 24.9 Å². The van der Waals surface area contributed by atoms with Gasteiger partial charge in [0.05, 0.1) is 28.0 Å². The lowest BCUT2D eigenvalue weighted by Crippen LogP contribution is -2.24. The van der Waals surface area contributed by atoms with Gasteiger partial charge in [0.15, 0.2) is 0 Å². The molecule has 0 bridgehead atoms. The molecule has 0 radical (unpaired) electrons. The Morgan fingerprint density at radius 3 is 2.82 bits per heavy atom. The monoisotopic (exact) mass is 418 g/mol. The summed E-state index contributed by atoms with van der Waals surface area (Å²) in [6.45, 7) is 2.34. The Bertz CT molecular complexity index is 1060. The van der Waals surface area contributed by atoms with E-state index >= 15 is 0 Å². The first-order chi connectivity index (χ1) is 13.5. The summed E-state index contributed by atoms with van der Waals surface area (Å²) in [6, 6.07) is 13.9. The fourth-order valence-corrected chi connectivity index (χ4v) is 6.84. The molecule has 5 nitrogen and oxygen atoms in total. The number of fused-ring (bicyclic) bond motifs is 1. The van der Waals surface area contributed by atoms with Gasteiger partial charge in [0.2, 0.25) is 5.91 Å². The molecule has 28 heavy (non-hydrogen) atoms. The summed E-state index contributed by atoms with van der Waals surface area (Å²) in [5, 5.41) is 0.763. The summed E-state index contributed by atoms with van der Waals surface area (Å²) in [4.78, 5) is 17.2. The third-order valence-corrected chi connectivity index (χ3v) is 8.49. The number of thiazole rings is 1. The average molecular weight is 418 g/mol. The van der Waals surface area contributed by atoms with Gasteiger partial charge in [-0.1, -0.05) is 30.3 Å². The lowest BCUT2D eigenvalue weighted by molar-refractivity contribution is -0.124. The van der Waals surface area contributed by atoms with E-state index in [0.29, 0.717) is 12.1 Å². The van der Waals surface area contributed by atoms with Crippen LogP contribution in [-0.2, 0) is 20.0 Å². The van der Waals surface area contributed by atoms with Crippen LogP contribution in [0.15, 0.2) is 48.5 Å². The maximum atomic E-state index is 13.6. The standard InChI is InChI=1S/C20H20FN2O3PS/c1-2-26-27(25,13-14-6-4-3-5-7-14)23-12-15(10-19(23)24)20-22-17-11-16(21)8-9-18(17)28-20/h3-9,11,15H,2,10,12-13H2,1H3. The molecule has 3 aromatic rings. The summed E-state index contributed by atoms with van der Waals surface area (Å²) in [5.41, 5.74) is 1.45. The third kappa shape index (κ3) is 3.75. The minimum Gasteiger partial charge on any atom is -0.313 e. The highest BCUT2D eigenvalue weighted by molar-refractivity contribution is 7.56. The van der Waals surface area contributed by atoms with Crippen LogP contribution in [0.3, 0.4) is 0 Å². The fourth-order valence-electron chi connectivity index (χ4n) is 3.46. The summed E-state index contributed by atoms with van der Waals surface area (Å²) < 4.78 is 35.0. The van der Waals surface area contributed by atoms with Crippen molar-refractivity contribution in [2.24, 2.45) is 0 Å². The summed E-state index contributed by atoms with van der Waals surface area (Å²) >= 11 is 1.45. The minimum atomic E-state index is -3.34. The van der Waals surface area contributed by atoms with Gasteiger partial charge >= 0.3 is 7.52 Å². The zero-order chi connectivity index (χ0) is 19.7. The number of carbonyl (C=O) groups is 1. The first-order valence-corrected chi connectivity index (χ1v) is 11.7. The van der Waals surface area contributed by atoms with Crippen molar-refractivity contribution in [2.45, 2.75) is 25.4 Å². The second-order valence-electron chi connectivity index (χ2n) is 6.74. The fraction of sp³-hybridized carbons (Fsp3) is 0.300. The van der Waals surface area contributed by atoms with Crippen LogP contribution in [0.2, 0.25) is 0 Å². The van der Waals surface area contributed by atoms with Crippen molar-refractivity contribution < 1.29 is 18.3 Å². The molecule has 2 unspecified atom stereocenters. The number of hydrogen-bond donors (Lipinski definition) is 0. The Kier molecular flexibility index (Phi) is 5.32. The van der Waals surface area contributed by atoms with Gasteiger partial charge < -0.3 is 4.52 Å². The second-order valence-corrected chi connectivity index (χ2v) is 10.1. The lowest BCUT2D eigenvalue weighted by Gasteiger charge is -2.27. The number of benzene rings is 2. The largest absolute Gasteiger partial charge is 0.313 e. The lowest BCUT2D eigenvalue weighted by atomic mass is 10.1. The van der Waals surface area contributed by atoms with E-state index in [0.717, 1.165) is 15.3 Å². The SMILES string of the molecule is CCOP(=O)(Cc1ccccc1)N1CC(c2nc3cc(F)ccc3s2)CC1=O. The molecule has 1 aliphatic heterocycles. The molecule has 2 atom stereocenters. The number of aromatic nitrogens is 1. The molecule has 146 valence electrons. The molecular weight excluding hydrogens is 398 g/mol. The normalized spacial score (nSPS) is 19.3. The van der Waals surface area contributed by atoms with Crippen LogP contribution in [-0.4, -0.2) is 28.7 Å². The number of rotatable bonds is 6. The predicted octanol–water partition coefficient (Wildman–Crippen LogP) is 5.18. The van der Waals surface area contributed by atoms with Gasteiger partial charge in [0.25, 0.3) is 0 Å². The van der Waals surface area contributed by atoms with Gasteiger partial charge in [-0.3, -0.25) is 14.0 Å². The third-order valence-electron chi connectivity index (χ3n) is 4.74. The van der Waals surface area contributed by atoms with Crippen molar-refractivity contribution in [3.05, 3.63) is 64.9 Å². The molecule has 1 aromatic heterocycles. The van der Waals surface area contributed by atoms with E-state index in [2.05, 4.69) is 4.98 Å². The quantitative estimate of drug-likeness (QED) is 0.518. The molecule has 0 saturated carbocycles. The van der Waals surface area contributed by atoms with Crippen LogP contribution in [0.4, 0.5) is 4.39 Å². The summed E-state index contributed by atoms with van der Waals surface area (Å²) in [5.74, 6) is -0.696. The molecule has 0 N–H and O–H groups in total. The number of hydrogen-bond acceptors (Lipinski definition) is 5. The summed E-state index contributed by atoms with van der Waals surface area (Å²) in [6.07, 6.45) is 0.416. The van der Waals surface area contributed by atoms with Crippen LogP contribution < -0.4 is 0 Å². The maximum absolute atomic E-state index is 13.6. The molecule has 8 heteroatoms. The molecule has 0 spiro atoms. The molecule has 1 saturated heterocycles. The molecule has 0 aliphatic carbocycles. The van der Waals surface area contributed by atoms with Gasteiger partial charge in [-0.15, -0.1) is 11.3 Å². The van der Waals surface area contributed by atoms with Gasteiger partial charge in [0.1, 0.15) is 5.82 Å². The Hall–Kier alpha value is -2.08. The van der Waals surface area contributed by atoms with E-state index in [1.54, 1.807) is 13.0 Å². The van der Waals surface area contributed by atoms with Crippen molar-refractivity contribution in [1.82, 2.24) is 9.65 Å².